The number of para-hydroxylation sites is 1. The summed E-state index contributed by atoms with van der Waals surface area (Å²) in [6.07, 6.45) is 0. The van der Waals surface area contributed by atoms with Gasteiger partial charge in [-0.15, -0.1) is 0 Å². The van der Waals surface area contributed by atoms with Gasteiger partial charge in [-0.05, 0) is 24.9 Å². The molecule has 0 aromatic heterocycles. The van der Waals surface area contributed by atoms with E-state index in [1.54, 1.807) is 12.1 Å². The highest BCUT2D eigenvalue weighted by atomic mass is 16.6. The van der Waals surface area contributed by atoms with Gasteiger partial charge in [0.1, 0.15) is 0 Å². The molecule has 0 spiro atoms. The third-order valence-electron chi connectivity index (χ3n) is 4.05. The summed E-state index contributed by atoms with van der Waals surface area (Å²) in [5.41, 5.74) is 1.07. The van der Waals surface area contributed by atoms with Crippen LogP contribution in [0.3, 0.4) is 0 Å². The zero-order valence-corrected chi connectivity index (χ0v) is 10.2. The Morgan fingerprint density at radius 1 is 1.28 bits per heavy atom. The van der Waals surface area contributed by atoms with Crippen LogP contribution in [0.25, 0.3) is 0 Å². The molecule has 96 valence electrons. The van der Waals surface area contributed by atoms with Crippen molar-refractivity contribution in [3.8, 4) is 0 Å². The number of likely N-dealkylation sites (tertiary alicyclic amines) is 1. The zero-order valence-electron chi connectivity index (χ0n) is 10.2. The molecule has 5 heteroatoms. The van der Waals surface area contributed by atoms with Crippen LogP contribution in [0.2, 0.25) is 0 Å². The summed E-state index contributed by atoms with van der Waals surface area (Å²) in [7, 11) is 0. The van der Waals surface area contributed by atoms with Gasteiger partial charge in [0.25, 0.3) is 5.69 Å². The van der Waals surface area contributed by atoms with Gasteiger partial charge in [0.15, 0.2) is 0 Å². The molecule has 18 heavy (non-hydrogen) atoms. The number of rotatable bonds is 3. The van der Waals surface area contributed by atoms with Crippen molar-refractivity contribution < 1.29 is 4.92 Å². The van der Waals surface area contributed by atoms with E-state index in [1.165, 1.54) is 0 Å². The molecule has 0 amide bonds. The molecule has 5 nitrogen and oxygen atoms in total. The van der Waals surface area contributed by atoms with Gasteiger partial charge in [-0.1, -0.05) is 18.2 Å². The molecular weight excluding hydrogens is 230 g/mol. The number of hydrogen-bond acceptors (Lipinski definition) is 4. The molecule has 0 saturated carbocycles. The second kappa shape index (κ2) is 4.66. The van der Waals surface area contributed by atoms with Crippen molar-refractivity contribution in [3.05, 3.63) is 39.9 Å². The van der Waals surface area contributed by atoms with E-state index in [0.717, 1.165) is 43.6 Å². The van der Waals surface area contributed by atoms with E-state index in [1.807, 2.05) is 12.1 Å². The lowest BCUT2D eigenvalue weighted by atomic mass is 10.0. The standard InChI is InChI=1S/C13H17N3O2/c17-16(18)13-4-2-1-3-10(13)7-15-8-11-5-14-6-12(11)9-15/h1-4,11-12,14H,5-9H2/t11-,12+. The SMILES string of the molecule is O=[N+]([O-])c1ccccc1CN1C[C@H]2CNC[C@H]2C1. The highest BCUT2D eigenvalue weighted by Gasteiger charge is 2.36. The van der Waals surface area contributed by atoms with Crippen LogP contribution >= 0.6 is 0 Å². The summed E-state index contributed by atoms with van der Waals surface area (Å²) >= 11 is 0. The van der Waals surface area contributed by atoms with Crippen LogP contribution in [-0.4, -0.2) is 36.0 Å². The third kappa shape index (κ3) is 2.11. The highest BCUT2D eigenvalue weighted by Crippen LogP contribution is 2.29. The predicted molar refractivity (Wildman–Crippen MR) is 68.2 cm³/mol. The Balaban J connectivity index is 1.72. The predicted octanol–water partition coefficient (Wildman–Crippen LogP) is 1.25. The Labute approximate surface area is 106 Å². The average Bonchev–Trinajstić information content (AvgIpc) is 2.90. The van der Waals surface area contributed by atoms with Crippen molar-refractivity contribution in [2.24, 2.45) is 11.8 Å². The zero-order chi connectivity index (χ0) is 12.5. The van der Waals surface area contributed by atoms with E-state index < -0.39 is 0 Å². The Morgan fingerprint density at radius 3 is 2.61 bits per heavy atom. The molecule has 1 N–H and O–H groups in total. The number of nitrogens with one attached hydrogen (secondary N) is 1. The van der Waals surface area contributed by atoms with Crippen molar-refractivity contribution in [1.82, 2.24) is 10.2 Å². The van der Waals surface area contributed by atoms with Crippen LogP contribution in [0.4, 0.5) is 5.69 Å². The maximum atomic E-state index is 11.0. The fourth-order valence-electron chi connectivity index (χ4n) is 3.15. The average molecular weight is 247 g/mol. The summed E-state index contributed by atoms with van der Waals surface area (Å²) in [6, 6.07) is 7.06. The first-order chi connectivity index (χ1) is 8.74. The summed E-state index contributed by atoms with van der Waals surface area (Å²) in [5, 5.41) is 14.4. The Kier molecular flexibility index (Phi) is 3.01. The van der Waals surface area contributed by atoms with E-state index in [9.17, 15) is 10.1 Å². The topological polar surface area (TPSA) is 58.4 Å². The van der Waals surface area contributed by atoms with Crippen LogP contribution in [0.5, 0.6) is 0 Å². The number of nitro benzene ring substituents is 1. The molecule has 0 aliphatic carbocycles. The molecule has 2 atom stereocenters. The molecule has 1 aromatic rings. The lowest BCUT2D eigenvalue weighted by molar-refractivity contribution is -0.385. The van der Waals surface area contributed by atoms with Gasteiger partial charge in [-0.3, -0.25) is 15.0 Å². The Morgan fingerprint density at radius 2 is 1.94 bits per heavy atom. The van der Waals surface area contributed by atoms with Crippen LogP contribution in [-0.2, 0) is 6.54 Å². The van der Waals surface area contributed by atoms with Crippen LogP contribution in [0.1, 0.15) is 5.56 Å². The maximum absolute atomic E-state index is 11.0. The lowest BCUT2D eigenvalue weighted by Gasteiger charge is -2.16. The van der Waals surface area contributed by atoms with Gasteiger partial charge in [-0.25, -0.2) is 0 Å². The molecule has 0 radical (unpaired) electrons. The molecule has 2 saturated heterocycles. The first kappa shape index (κ1) is 11.6. The van der Waals surface area contributed by atoms with Crippen molar-refractivity contribution in [2.45, 2.75) is 6.54 Å². The normalized spacial score (nSPS) is 27.3. The molecule has 2 aliphatic rings. The van der Waals surface area contributed by atoms with E-state index in [-0.39, 0.29) is 10.6 Å². The molecule has 3 rings (SSSR count). The maximum Gasteiger partial charge on any atom is 0.273 e. The minimum atomic E-state index is -0.284. The van der Waals surface area contributed by atoms with Gasteiger partial charge >= 0.3 is 0 Å². The van der Waals surface area contributed by atoms with Gasteiger partial charge in [0.05, 0.1) is 4.92 Å². The van der Waals surface area contributed by atoms with Gasteiger partial charge < -0.3 is 5.32 Å². The molecule has 0 unspecified atom stereocenters. The number of fused-ring (bicyclic) bond motifs is 1. The fourth-order valence-corrected chi connectivity index (χ4v) is 3.15. The Hall–Kier alpha value is -1.46. The van der Waals surface area contributed by atoms with Gasteiger partial charge in [-0.2, -0.15) is 0 Å². The quantitative estimate of drug-likeness (QED) is 0.645. The molecule has 0 bridgehead atoms. The van der Waals surface area contributed by atoms with Crippen molar-refractivity contribution in [2.75, 3.05) is 26.2 Å². The van der Waals surface area contributed by atoms with Crippen molar-refractivity contribution >= 4 is 5.69 Å². The highest BCUT2D eigenvalue weighted by molar-refractivity contribution is 5.39. The first-order valence-electron chi connectivity index (χ1n) is 6.39. The largest absolute Gasteiger partial charge is 0.316 e. The van der Waals surface area contributed by atoms with E-state index in [2.05, 4.69) is 10.2 Å². The van der Waals surface area contributed by atoms with Crippen LogP contribution in [0.15, 0.2) is 24.3 Å². The fraction of sp³-hybridized carbons (Fsp3) is 0.538. The molecule has 2 aliphatic heterocycles. The molecular formula is C13H17N3O2. The van der Waals surface area contributed by atoms with E-state index in [0.29, 0.717) is 6.54 Å². The number of nitrogens with zero attached hydrogens (tertiary/aromatic N) is 2. The van der Waals surface area contributed by atoms with Crippen LogP contribution in [0, 0.1) is 22.0 Å². The van der Waals surface area contributed by atoms with Crippen molar-refractivity contribution in [1.29, 1.82) is 0 Å². The van der Waals surface area contributed by atoms with Crippen LogP contribution < -0.4 is 5.32 Å². The monoisotopic (exact) mass is 247 g/mol. The summed E-state index contributed by atoms with van der Waals surface area (Å²) < 4.78 is 0. The smallest absolute Gasteiger partial charge is 0.273 e. The van der Waals surface area contributed by atoms with E-state index in [4.69, 9.17) is 0 Å². The second-order valence-corrected chi connectivity index (χ2v) is 5.26. The summed E-state index contributed by atoms with van der Waals surface area (Å²) in [6.45, 7) is 5.01. The third-order valence-corrected chi connectivity index (χ3v) is 4.05. The molecule has 1 aromatic carbocycles. The van der Waals surface area contributed by atoms with Crippen molar-refractivity contribution in [3.63, 3.8) is 0 Å². The summed E-state index contributed by atoms with van der Waals surface area (Å²) in [5.74, 6) is 1.46. The van der Waals surface area contributed by atoms with Gasteiger partial charge in [0, 0.05) is 31.3 Å². The summed E-state index contributed by atoms with van der Waals surface area (Å²) in [4.78, 5) is 13.0. The number of hydrogen-bond donors (Lipinski definition) is 1. The Bertz CT molecular complexity index is 451. The minimum Gasteiger partial charge on any atom is -0.316 e. The number of benzene rings is 1. The van der Waals surface area contributed by atoms with Gasteiger partial charge in [0.2, 0.25) is 0 Å². The minimum absolute atomic E-state index is 0.243. The first-order valence-corrected chi connectivity index (χ1v) is 6.39. The van der Waals surface area contributed by atoms with E-state index >= 15 is 0 Å². The lowest BCUT2D eigenvalue weighted by Crippen LogP contribution is -2.25. The number of nitro groups is 1. The molecule has 2 fully saturated rings. The second-order valence-electron chi connectivity index (χ2n) is 5.26. The molecule has 2 heterocycles.